The van der Waals surface area contributed by atoms with Gasteiger partial charge in [-0.25, -0.2) is 0 Å². The van der Waals surface area contributed by atoms with Gasteiger partial charge in [-0.05, 0) is 26.7 Å². The normalized spacial score (nSPS) is 11.6. The van der Waals surface area contributed by atoms with Crippen LogP contribution in [0, 0.1) is 0 Å². The van der Waals surface area contributed by atoms with Gasteiger partial charge in [0.25, 0.3) is 0 Å². The van der Waals surface area contributed by atoms with Crippen molar-refractivity contribution in [3.05, 3.63) is 0 Å². The number of ether oxygens (including phenoxy) is 1. The van der Waals surface area contributed by atoms with Crippen LogP contribution in [0.4, 0.5) is 0 Å². The van der Waals surface area contributed by atoms with E-state index >= 15 is 0 Å². The summed E-state index contributed by atoms with van der Waals surface area (Å²) in [6.07, 6.45) is 15.9. The van der Waals surface area contributed by atoms with Crippen LogP contribution in [0.2, 0.25) is 0 Å². The molecule has 0 radical (unpaired) electrons. The predicted octanol–water partition coefficient (Wildman–Crippen LogP) is 6.03. The zero-order chi connectivity index (χ0) is 15.3. The van der Waals surface area contributed by atoms with Gasteiger partial charge in [0.2, 0.25) is 0 Å². The van der Waals surface area contributed by atoms with E-state index in [-0.39, 0.29) is 11.6 Å². The van der Waals surface area contributed by atoms with E-state index in [9.17, 15) is 4.79 Å². The van der Waals surface area contributed by atoms with E-state index in [1.165, 1.54) is 71.1 Å². The molecule has 0 aromatic rings. The molecule has 0 aromatic carbocycles. The molecule has 0 spiro atoms. The van der Waals surface area contributed by atoms with Crippen LogP contribution in [0.1, 0.15) is 105 Å². The van der Waals surface area contributed by atoms with Crippen molar-refractivity contribution in [1.29, 1.82) is 0 Å². The van der Waals surface area contributed by atoms with Gasteiger partial charge in [0.1, 0.15) is 5.60 Å². The summed E-state index contributed by atoms with van der Waals surface area (Å²) in [5.74, 6) is -0.168. The van der Waals surface area contributed by atoms with Crippen LogP contribution in [-0.4, -0.2) is 11.6 Å². The summed E-state index contributed by atoms with van der Waals surface area (Å²) in [5.41, 5.74) is -0.287. The molecule has 20 heavy (non-hydrogen) atoms. The Balaban J connectivity index is 3.26. The third kappa shape index (κ3) is 13.9. The quantitative estimate of drug-likeness (QED) is 0.305. The van der Waals surface area contributed by atoms with Crippen LogP contribution < -0.4 is 0 Å². The second-order valence-corrected chi connectivity index (χ2v) is 6.64. The van der Waals surface area contributed by atoms with E-state index in [1.807, 2.05) is 13.8 Å². The number of rotatable bonds is 13. The van der Waals surface area contributed by atoms with Crippen LogP contribution in [0.25, 0.3) is 0 Å². The third-order valence-electron chi connectivity index (χ3n) is 3.80. The molecule has 0 aromatic heterocycles. The first-order valence-electron chi connectivity index (χ1n) is 8.67. The highest BCUT2D eigenvalue weighted by Crippen LogP contribution is 2.19. The molecule has 0 saturated carbocycles. The second-order valence-electron chi connectivity index (χ2n) is 6.64. The van der Waals surface area contributed by atoms with E-state index in [4.69, 9.17) is 4.74 Å². The van der Waals surface area contributed by atoms with Crippen LogP contribution in [0.15, 0.2) is 0 Å². The van der Waals surface area contributed by atoms with E-state index in [2.05, 4.69) is 6.92 Å². The van der Waals surface area contributed by atoms with Crippen molar-refractivity contribution < 1.29 is 9.53 Å². The number of carbonyl (C=O) groups is 1. The van der Waals surface area contributed by atoms with Crippen LogP contribution >= 0.6 is 0 Å². The second kappa shape index (κ2) is 12.2. The molecule has 2 nitrogen and oxygen atoms in total. The molecule has 0 saturated heterocycles. The minimum atomic E-state index is -0.287. The Labute approximate surface area is 126 Å². The molecule has 0 atom stereocenters. The minimum absolute atomic E-state index is 0.168. The van der Waals surface area contributed by atoms with E-state index in [1.54, 1.807) is 0 Å². The number of carbonyl (C=O) groups excluding carboxylic acids is 1. The fraction of sp³-hybridized carbons (Fsp3) is 0.944. The Kier molecular flexibility index (Phi) is 11.9. The molecule has 0 N–H and O–H groups in total. The van der Waals surface area contributed by atoms with Gasteiger partial charge in [-0.3, -0.25) is 4.79 Å². The molecule has 0 aliphatic heterocycles. The van der Waals surface area contributed by atoms with Crippen LogP contribution in [0.3, 0.4) is 0 Å². The molecule has 0 aliphatic carbocycles. The number of hydrogen-bond donors (Lipinski definition) is 0. The highest BCUT2D eigenvalue weighted by molar-refractivity contribution is 5.66. The highest BCUT2D eigenvalue weighted by Gasteiger charge is 2.19. The topological polar surface area (TPSA) is 26.3 Å². The summed E-state index contributed by atoms with van der Waals surface area (Å²) in [5, 5.41) is 0. The minimum Gasteiger partial charge on any atom is -0.460 e. The molecule has 0 unspecified atom stereocenters. The molecular formula is C18H36O2. The van der Waals surface area contributed by atoms with Gasteiger partial charge in [-0.15, -0.1) is 0 Å². The zero-order valence-electron chi connectivity index (χ0n) is 14.3. The first kappa shape index (κ1) is 19.5. The summed E-state index contributed by atoms with van der Waals surface area (Å²) in [7, 11) is 0. The first-order chi connectivity index (χ1) is 9.48. The monoisotopic (exact) mass is 284 g/mol. The van der Waals surface area contributed by atoms with Gasteiger partial charge < -0.3 is 4.74 Å². The number of esters is 1. The van der Waals surface area contributed by atoms with E-state index in [0.29, 0.717) is 0 Å². The maximum absolute atomic E-state index is 10.9. The Morgan fingerprint density at radius 1 is 0.800 bits per heavy atom. The average molecular weight is 284 g/mol. The summed E-state index contributed by atoms with van der Waals surface area (Å²) in [4.78, 5) is 10.9. The Morgan fingerprint density at radius 3 is 1.60 bits per heavy atom. The molecule has 0 rings (SSSR count). The number of hydrogen-bond acceptors (Lipinski definition) is 2. The van der Waals surface area contributed by atoms with Gasteiger partial charge in [0, 0.05) is 6.92 Å². The van der Waals surface area contributed by atoms with E-state index < -0.39 is 0 Å². The summed E-state index contributed by atoms with van der Waals surface area (Å²) in [6, 6.07) is 0. The Morgan fingerprint density at radius 2 is 1.20 bits per heavy atom. The van der Waals surface area contributed by atoms with Crippen molar-refractivity contribution in [2.45, 2.75) is 110 Å². The van der Waals surface area contributed by atoms with Gasteiger partial charge in [0.05, 0.1) is 0 Å². The SMILES string of the molecule is CCCCCCCCCCCCCC(C)(C)OC(C)=O. The summed E-state index contributed by atoms with van der Waals surface area (Å²) < 4.78 is 5.29. The molecule has 0 fully saturated rings. The lowest BCUT2D eigenvalue weighted by atomic mass is 9.99. The predicted molar refractivity (Wildman–Crippen MR) is 86.9 cm³/mol. The van der Waals surface area contributed by atoms with Crippen molar-refractivity contribution >= 4 is 5.97 Å². The standard InChI is InChI=1S/C18H36O2/c1-5-6-7-8-9-10-11-12-13-14-15-16-18(3,4)20-17(2)19/h5-16H2,1-4H3. The van der Waals surface area contributed by atoms with Crippen molar-refractivity contribution in [1.82, 2.24) is 0 Å². The maximum Gasteiger partial charge on any atom is 0.303 e. The largest absolute Gasteiger partial charge is 0.460 e. The Bertz CT molecular complexity index is 234. The molecule has 0 bridgehead atoms. The Hall–Kier alpha value is -0.530. The van der Waals surface area contributed by atoms with Gasteiger partial charge in [-0.1, -0.05) is 71.1 Å². The van der Waals surface area contributed by atoms with Crippen molar-refractivity contribution in [3.63, 3.8) is 0 Å². The van der Waals surface area contributed by atoms with Gasteiger partial charge >= 0.3 is 5.97 Å². The molecule has 120 valence electrons. The average Bonchev–Trinajstić information content (AvgIpc) is 2.34. The van der Waals surface area contributed by atoms with Gasteiger partial charge in [-0.2, -0.15) is 0 Å². The van der Waals surface area contributed by atoms with Crippen molar-refractivity contribution in [2.75, 3.05) is 0 Å². The lowest BCUT2D eigenvalue weighted by molar-refractivity contribution is -0.154. The van der Waals surface area contributed by atoms with Gasteiger partial charge in [0.15, 0.2) is 0 Å². The highest BCUT2D eigenvalue weighted by atomic mass is 16.6. The molecule has 0 aliphatic rings. The maximum atomic E-state index is 10.9. The lowest BCUT2D eigenvalue weighted by Crippen LogP contribution is -2.26. The first-order valence-corrected chi connectivity index (χ1v) is 8.67. The van der Waals surface area contributed by atoms with Crippen LogP contribution in [-0.2, 0) is 9.53 Å². The van der Waals surface area contributed by atoms with E-state index in [0.717, 1.165) is 12.8 Å². The van der Waals surface area contributed by atoms with Crippen molar-refractivity contribution in [3.8, 4) is 0 Å². The van der Waals surface area contributed by atoms with Crippen molar-refractivity contribution in [2.24, 2.45) is 0 Å². The zero-order valence-corrected chi connectivity index (χ0v) is 14.3. The fourth-order valence-corrected chi connectivity index (χ4v) is 2.66. The third-order valence-corrected chi connectivity index (χ3v) is 3.80. The molecule has 2 heteroatoms. The molecule has 0 amide bonds. The van der Waals surface area contributed by atoms with Crippen LogP contribution in [0.5, 0.6) is 0 Å². The smallest absolute Gasteiger partial charge is 0.303 e. The summed E-state index contributed by atoms with van der Waals surface area (Å²) in [6.45, 7) is 7.76. The summed E-state index contributed by atoms with van der Waals surface area (Å²) >= 11 is 0. The number of unbranched alkanes of at least 4 members (excludes halogenated alkanes) is 10. The fourth-order valence-electron chi connectivity index (χ4n) is 2.66. The molecule has 0 heterocycles. The molecular weight excluding hydrogens is 248 g/mol. The lowest BCUT2D eigenvalue weighted by Gasteiger charge is -2.24.